The monoisotopic (exact) mass is 318 g/mol. The maximum absolute atomic E-state index is 12.1. The smallest absolute Gasteiger partial charge is 0.224 e. The maximum atomic E-state index is 12.1. The number of hydrogen-bond acceptors (Lipinski definition) is 3. The maximum Gasteiger partial charge on any atom is 0.224 e. The second kappa shape index (κ2) is 6.91. The van der Waals surface area contributed by atoms with E-state index in [-0.39, 0.29) is 11.7 Å². The first-order valence-electron chi connectivity index (χ1n) is 7.69. The van der Waals surface area contributed by atoms with E-state index in [0.717, 1.165) is 22.0 Å². The molecule has 0 aliphatic rings. The summed E-state index contributed by atoms with van der Waals surface area (Å²) in [6.07, 6.45) is 4.56. The zero-order valence-electron chi connectivity index (χ0n) is 13.1. The van der Waals surface area contributed by atoms with E-state index < -0.39 is 0 Å². The van der Waals surface area contributed by atoms with Crippen molar-refractivity contribution in [1.82, 2.24) is 4.98 Å². The Balaban J connectivity index is 1.67. The zero-order chi connectivity index (χ0) is 16.9. The summed E-state index contributed by atoms with van der Waals surface area (Å²) in [4.78, 5) is 16.1. The van der Waals surface area contributed by atoms with Crippen LogP contribution in [-0.2, 0) is 11.2 Å². The first kappa shape index (κ1) is 15.7. The number of benzene rings is 2. The van der Waals surface area contributed by atoms with Crippen LogP contribution in [0.4, 0.5) is 5.69 Å². The predicted molar refractivity (Wildman–Crippen MR) is 96.2 cm³/mol. The highest BCUT2D eigenvalue weighted by Crippen LogP contribution is 2.21. The van der Waals surface area contributed by atoms with Crippen LogP contribution in [-0.4, -0.2) is 16.7 Å². The van der Waals surface area contributed by atoms with Crippen molar-refractivity contribution in [3.05, 3.63) is 72.1 Å². The summed E-state index contributed by atoms with van der Waals surface area (Å²) >= 11 is 0. The normalized spacial score (nSPS) is 10.5. The quantitative estimate of drug-likeness (QED) is 0.498. The van der Waals surface area contributed by atoms with Crippen LogP contribution in [0, 0.1) is 5.41 Å². The number of amides is 1. The molecule has 0 unspecified atom stereocenters. The lowest BCUT2D eigenvalue weighted by atomic mass is 10.1. The van der Waals surface area contributed by atoms with Gasteiger partial charge in [0.15, 0.2) is 0 Å². The minimum atomic E-state index is -0.0291. The zero-order valence-corrected chi connectivity index (χ0v) is 13.1. The molecule has 0 atom stereocenters. The molecule has 5 nitrogen and oxygen atoms in total. The predicted octanol–water partition coefficient (Wildman–Crippen LogP) is 3.09. The molecule has 0 bridgehead atoms. The highest BCUT2D eigenvalue weighted by molar-refractivity contribution is 6.00. The van der Waals surface area contributed by atoms with E-state index in [1.807, 2.05) is 42.5 Å². The van der Waals surface area contributed by atoms with Gasteiger partial charge in [-0.05, 0) is 47.0 Å². The Hall–Kier alpha value is -3.21. The minimum absolute atomic E-state index is 0.0291. The highest BCUT2D eigenvalue weighted by atomic mass is 16.1. The number of aromatic nitrogens is 1. The standard InChI is InChI=1S/C19H18N4O/c20-19(21)16-5-4-15-11-17(7-6-14(15)10-16)23-18(24)8-3-13-2-1-9-22-12-13/h1-2,4-7,9-12H,3,8H2,(H3,20,21)(H,23,24). The van der Waals surface area contributed by atoms with Gasteiger partial charge in [0.1, 0.15) is 5.84 Å². The number of pyridine rings is 1. The molecule has 0 radical (unpaired) electrons. The Kier molecular flexibility index (Phi) is 4.52. The van der Waals surface area contributed by atoms with Gasteiger partial charge in [0.2, 0.25) is 5.91 Å². The molecular formula is C19H18N4O. The Morgan fingerprint density at radius 2 is 1.92 bits per heavy atom. The molecule has 1 aromatic heterocycles. The van der Waals surface area contributed by atoms with Gasteiger partial charge in [0, 0.05) is 30.1 Å². The molecule has 0 saturated heterocycles. The summed E-state index contributed by atoms with van der Waals surface area (Å²) in [6, 6.07) is 15.1. The summed E-state index contributed by atoms with van der Waals surface area (Å²) in [7, 11) is 0. The third-order valence-corrected chi connectivity index (χ3v) is 3.80. The molecule has 0 aliphatic carbocycles. The summed E-state index contributed by atoms with van der Waals surface area (Å²) < 4.78 is 0. The van der Waals surface area contributed by atoms with Crippen molar-refractivity contribution < 1.29 is 4.79 Å². The average Bonchev–Trinajstić information content (AvgIpc) is 2.60. The summed E-state index contributed by atoms with van der Waals surface area (Å²) in [5.41, 5.74) is 8.00. The van der Waals surface area contributed by atoms with Crippen molar-refractivity contribution in [2.75, 3.05) is 5.32 Å². The third kappa shape index (κ3) is 3.76. The van der Waals surface area contributed by atoms with Crippen LogP contribution < -0.4 is 11.1 Å². The molecule has 4 N–H and O–H groups in total. The van der Waals surface area contributed by atoms with Crippen molar-refractivity contribution >= 4 is 28.2 Å². The molecule has 3 rings (SSSR count). The first-order chi connectivity index (χ1) is 11.6. The van der Waals surface area contributed by atoms with Gasteiger partial charge >= 0.3 is 0 Å². The Morgan fingerprint density at radius 1 is 1.12 bits per heavy atom. The van der Waals surface area contributed by atoms with Crippen LogP contribution in [0.2, 0.25) is 0 Å². The fourth-order valence-electron chi connectivity index (χ4n) is 2.52. The van der Waals surface area contributed by atoms with Gasteiger partial charge < -0.3 is 11.1 Å². The lowest BCUT2D eigenvalue weighted by Gasteiger charge is -2.08. The first-order valence-corrected chi connectivity index (χ1v) is 7.69. The van der Waals surface area contributed by atoms with Crippen LogP contribution in [0.1, 0.15) is 17.5 Å². The number of nitrogens with one attached hydrogen (secondary N) is 2. The molecular weight excluding hydrogens is 300 g/mol. The number of hydrogen-bond donors (Lipinski definition) is 3. The molecule has 1 amide bonds. The number of carbonyl (C=O) groups is 1. The molecule has 120 valence electrons. The van der Waals surface area contributed by atoms with Gasteiger partial charge in [-0.3, -0.25) is 15.2 Å². The molecule has 1 heterocycles. The van der Waals surface area contributed by atoms with Gasteiger partial charge in [0.05, 0.1) is 0 Å². The Bertz CT molecular complexity index is 890. The number of fused-ring (bicyclic) bond motifs is 1. The van der Waals surface area contributed by atoms with Gasteiger partial charge in [-0.15, -0.1) is 0 Å². The second-order valence-electron chi connectivity index (χ2n) is 5.60. The third-order valence-electron chi connectivity index (χ3n) is 3.80. The molecule has 0 aliphatic heterocycles. The lowest BCUT2D eigenvalue weighted by Crippen LogP contribution is -2.12. The summed E-state index contributed by atoms with van der Waals surface area (Å²) in [5.74, 6) is 0.0169. The molecule has 0 saturated carbocycles. The van der Waals surface area contributed by atoms with E-state index in [0.29, 0.717) is 18.4 Å². The number of amidine groups is 1. The molecule has 24 heavy (non-hydrogen) atoms. The average molecular weight is 318 g/mol. The van der Waals surface area contributed by atoms with Crippen LogP contribution in [0.25, 0.3) is 10.8 Å². The van der Waals surface area contributed by atoms with Crippen molar-refractivity contribution in [3.63, 3.8) is 0 Å². The van der Waals surface area contributed by atoms with Gasteiger partial charge in [-0.25, -0.2) is 0 Å². The van der Waals surface area contributed by atoms with Crippen molar-refractivity contribution in [1.29, 1.82) is 5.41 Å². The van der Waals surface area contributed by atoms with Crippen LogP contribution >= 0.6 is 0 Å². The Labute approximate surface area is 140 Å². The van der Waals surface area contributed by atoms with Crippen LogP contribution in [0.15, 0.2) is 60.9 Å². The number of rotatable bonds is 5. The number of nitrogens with zero attached hydrogens (tertiary/aromatic N) is 1. The molecule has 2 aromatic carbocycles. The molecule has 0 fully saturated rings. The minimum Gasteiger partial charge on any atom is -0.384 e. The van der Waals surface area contributed by atoms with Crippen molar-refractivity contribution in [2.45, 2.75) is 12.8 Å². The van der Waals surface area contributed by atoms with Crippen molar-refractivity contribution in [3.8, 4) is 0 Å². The highest BCUT2D eigenvalue weighted by Gasteiger charge is 2.05. The van der Waals surface area contributed by atoms with E-state index in [1.165, 1.54) is 0 Å². The second-order valence-corrected chi connectivity index (χ2v) is 5.60. The molecule has 3 aromatic rings. The topological polar surface area (TPSA) is 91.9 Å². The lowest BCUT2D eigenvalue weighted by molar-refractivity contribution is -0.116. The van der Waals surface area contributed by atoms with Gasteiger partial charge in [-0.1, -0.05) is 24.3 Å². The van der Waals surface area contributed by atoms with Gasteiger partial charge in [0.25, 0.3) is 0 Å². The van der Waals surface area contributed by atoms with Gasteiger partial charge in [-0.2, -0.15) is 0 Å². The Morgan fingerprint density at radius 3 is 2.67 bits per heavy atom. The fraction of sp³-hybridized carbons (Fsp3) is 0.105. The van der Waals surface area contributed by atoms with E-state index in [9.17, 15) is 4.79 Å². The van der Waals surface area contributed by atoms with Crippen LogP contribution in [0.3, 0.4) is 0 Å². The number of anilines is 1. The van der Waals surface area contributed by atoms with E-state index in [4.69, 9.17) is 11.1 Å². The fourth-order valence-corrected chi connectivity index (χ4v) is 2.52. The van der Waals surface area contributed by atoms with E-state index >= 15 is 0 Å². The van der Waals surface area contributed by atoms with E-state index in [2.05, 4.69) is 10.3 Å². The summed E-state index contributed by atoms with van der Waals surface area (Å²) in [5, 5.41) is 12.4. The number of carbonyl (C=O) groups excluding carboxylic acids is 1. The number of nitrogen functional groups attached to an aromatic ring is 1. The SMILES string of the molecule is N=C(N)c1ccc2cc(NC(=O)CCc3cccnc3)ccc2c1. The summed E-state index contributed by atoms with van der Waals surface area (Å²) in [6.45, 7) is 0. The number of aryl methyl sites for hydroxylation is 1. The largest absolute Gasteiger partial charge is 0.384 e. The van der Waals surface area contributed by atoms with Crippen LogP contribution in [0.5, 0.6) is 0 Å². The van der Waals surface area contributed by atoms with Crippen molar-refractivity contribution in [2.24, 2.45) is 5.73 Å². The molecule has 0 spiro atoms. The van der Waals surface area contributed by atoms with E-state index in [1.54, 1.807) is 18.5 Å². The number of nitrogens with two attached hydrogens (primary N) is 1. The molecule has 5 heteroatoms.